The smallest absolute Gasteiger partial charge is 0.179 e. The van der Waals surface area contributed by atoms with E-state index in [0.717, 1.165) is 31.7 Å². The molecule has 1 atom stereocenters. The monoisotopic (exact) mass is 296 g/mol. The van der Waals surface area contributed by atoms with Crippen LogP contribution in [0.2, 0.25) is 0 Å². The Morgan fingerprint density at radius 3 is 2.20 bits per heavy atom. The highest BCUT2D eigenvalue weighted by Gasteiger charge is 2.25. The second kappa shape index (κ2) is 6.24. The van der Waals surface area contributed by atoms with Crippen molar-refractivity contribution in [2.75, 3.05) is 39.0 Å². The van der Waals surface area contributed by atoms with E-state index in [1.54, 1.807) is 12.1 Å². The topological polar surface area (TPSA) is 40.6 Å². The van der Waals surface area contributed by atoms with Gasteiger partial charge in [-0.1, -0.05) is 17.7 Å². The molecule has 2 rings (SSSR count). The Balaban J connectivity index is 2.02. The lowest BCUT2D eigenvalue weighted by Crippen LogP contribution is -2.49. The van der Waals surface area contributed by atoms with Crippen molar-refractivity contribution in [1.29, 1.82) is 0 Å². The molecular formula is C15H24N2O2S. The molecule has 1 saturated heterocycles. The minimum Gasteiger partial charge on any atom is -0.304 e. The third kappa shape index (κ3) is 3.81. The van der Waals surface area contributed by atoms with Crippen LogP contribution < -0.4 is 0 Å². The summed E-state index contributed by atoms with van der Waals surface area (Å²) in [6.07, 6.45) is 0. The van der Waals surface area contributed by atoms with Crippen molar-refractivity contribution in [2.24, 2.45) is 0 Å². The Bertz CT molecular complexity index is 531. The van der Waals surface area contributed by atoms with Gasteiger partial charge in [0.1, 0.15) is 0 Å². The van der Waals surface area contributed by atoms with E-state index < -0.39 is 9.84 Å². The van der Waals surface area contributed by atoms with Gasteiger partial charge < -0.3 is 4.90 Å². The third-order valence-electron chi connectivity index (χ3n) is 4.00. The predicted octanol–water partition coefficient (Wildman–Crippen LogP) is 1.40. The van der Waals surface area contributed by atoms with Gasteiger partial charge in [-0.3, -0.25) is 4.90 Å². The van der Waals surface area contributed by atoms with Crippen LogP contribution >= 0.6 is 0 Å². The van der Waals surface area contributed by atoms with E-state index in [1.807, 2.05) is 26.0 Å². The molecule has 1 aliphatic heterocycles. The van der Waals surface area contributed by atoms with Crippen LogP contribution in [0.5, 0.6) is 0 Å². The molecule has 1 aliphatic rings. The van der Waals surface area contributed by atoms with Crippen molar-refractivity contribution in [3.05, 3.63) is 29.8 Å². The van der Waals surface area contributed by atoms with Gasteiger partial charge in [-0.25, -0.2) is 8.42 Å². The summed E-state index contributed by atoms with van der Waals surface area (Å²) in [6.45, 7) is 7.88. The number of hydrogen-bond acceptors (Lipinski definition) is 4. The minimum absolute atomic E-state index is 0.0648. The number of likely N-dealkylation sites (N-methyl/N-ethyl adjacent to an activating group) is 1. The number of sulfone groups is 1. The number of nitrogens with zero attached hydrogens (tertiary/aromatic N) is 2. The molecule has 1 fully saturated rings. The van der Waals surface area contributed by atoms with Crippen LogP contribution in [0, 0.1) is 6.92 Å². The highest BCUT2D eigenvalue weighted by molar-refractivity contribution is 7.91. The maximum Gasteiger partial charge on any atom is 0.179 e. The molecule has 0 bridgehead atoms. The molecule has 0 spiro atoms. The summed E-state index contributed by atoms with van der Waals surface area (Å²) in [5.74, 6) is 0.194. The Morgan fingerprint density at radius 2 is 1.65 bits per heavy atom. The lowest BCUT2D eigenvalue weighted by molar-refractivity contribution is 0.127. The Labute approximate surface area is 122 Å². The second-order valence-electron chi connectivity index (χ2n) is 5.78. The van der Waals surface area contributed by atoms with Gasteiger partial charge in [0.05, 0.1) is 10.6 Å². The van der Waals surface area contributed by atoms with Crippen LogP contribution in [0.25, 0.3) is 0 Å². The van der Waals surface area contributed by atoms with Gasteiger partial charge in [0, 0.05) is 32.2 Å². The van der Waals surface area contributed by atoms with Crippen molar-refractivity contribution in [1.82, 2.24) is 9.80 Å². The van der Waals surface area contributed by atoms with Crippen molar-refractivity contribution in [3.8, 4) is 0 Å². The summed E-state index contributed by atoms with van der Waals surface area (Å²) >= 11 is 0. The Morgan fingerprint density at radius 1 is 1.10 bits per heavy atom. The number of benzene rings is 1. The second-order valence-corrected chi connectivity index (χ2v) is 7.82. The summed E-state index contributed by atoms with van der Waals surface area (Å²) in [5.41, 5.74) is 1.08. The molecule has 0 aromatic heterocycles. The molecule has 5 heteroatoms. The highest BCUT2D eigenvalue weighted by Crippen LogP contribution is 2.15. The fourth-order valence-corrected chi connectivity index (χ4v) is 4.12. The quantitative estimate of drug-likeness (QED) is 0.842. The summed E-state index contributed by atoms with van der Waals surface area (Å²) < 4.78 is 24.8. The van der Waals surface area contributed by atoms with Gasteiger partial charge in [-0.05, 0) is 33.0 Å². The summed E-state index contributed by atoms with van der Waals surface area (Å²) in [5, 5.41) is 0. The van der Waals surface area contributed by atoms with Gasteiger partial charge >= 0.3 is 0 Å². The van der Waals surface area contributed by atoms with Crippen LogP contribution in [0.1, 0.15) is 12.5 Å². The third-order valence-corrected chi connectivity index (χ3v) is 5.91. The van der Waals surface area contributed by atoms with Crippen LogP contribution in [0.15, 0.2) is 29.2 Å². The zero-order valence-corrected chi connectivity index (χ0v) is 13.4. The predicted molar refractivity (Wildman–Crippen MR) is 81.8 cm³/mol. The first-order valence-corrected chi connectivity index (χ1v) is 8.76. The van der Waals surface area contributed by atoms with E-state index in [-0.39, 0.29) is 11.8 Å². The van der Waals surface area contributed by atoms with Crippen molar-refractivity contribution in [3.63, 3.8) is 0 Å². The lowest BCUT2D eigenvalue weighted by Gasteiger charge is -2.36. The average molecular weight is 296 g/mol. The summed E-state index contributed by atoms with van der Waals surface area (Å²) in [4.78, 5) is 4.98. The lowest BCUT2D eigenvalue weighted by atomic mass is 10.2. The molecule has 0 N–H and O–H groups in total. The normalized spacial score (nSPS) is 19.9. The standard InChI is InChI=1S/C15H24N2O2S/c1-13-4-6-15(7-5-13)20(18,19)12-14(2)17-10-8-16(3)9-11-17/h4-7,14H,8-12H2,1-3H3/t14-/m0/s1. The molecule has 0 unspecified atom stereocenters. The van der Waals surface area contributed by atoms with Crippen molar-refractivity contribution in [2.45, 2.75) is 24.8 Å². The van der Waals surface area contributed by atoms with Gasteiger partial charge in [-0.15, -0.1) is 0 Å². The Kier molecular flexibility index (Phi) is 4.83. The van der Waals surface area contributed by atoms with Gasteiger partial charge in [0.15, 0.2) is 9.84 Å². The van der Waals surface area contributed by atoms with E-state index in [0.29, 0.717) is 4.90 Å². The molecule has 20 heavy (non-hydrogen) atoms. The molecule has 0 amide bonds. The van der Waals surface area contributed by atoms with Crippen LogP contribution in [0.4, 0.5) is 0 Å². The molecule has 1 aromatic rings. The fraction of sp³-hybridized carbons (Fsp3) is 0.600. The van der Waals surface area contributed by atoms with E-state index in [4.69, 9.17) is 0 Å². The molecule has 112 valence electrons. The number of hydrogen-bond donors (Lipinski definition) is 0. The van der Waals surface area contributed by atoms with E-state index >= 15 is 0 Å². The zero-order chi connectivity index (χ0) is 14.8. The van der Waals surface area contributed by atoms with Crippen molar-refractivity contribution < 1.29 is 8.42 Å². The summed E-state index contributed by atoms with van der Waals surface area (Å²) in [6, 6.07) is 7.19. The fourth-order valence-electron chi connectivity index (χ4n) is 2.53. The highest BCUT2D eigenvalue weighted by atomic mass is 32.2. The Hall–Kier alpha value is -0.910. The first kappa shape index (κ1) is 15.5. The van der Waals surface area contributed by atoms with E-state index in [2.05, 4.69) is 16.8 Å². The molecule has 4 nitrogen and oxygen atoms in total. The number of piperazine rings is 1. The van der Waals surface area contributed by atoms with Gasteiger partial charge in [0.25, 0.3) is 0 Å². The van der Waals surface area contributed by atoms with E-state index in [9.17, 15) is 8.42 Å². The van der Waals surface area contributed by atoms with E-state index in [1.165, 1.54) is 0 Å². The molecule has 0 radical (unpaired) electrons. The molecule has 0 aliphatic carbocycles. The number of aryl methyl sites for hydroxylation is 1. The van der Waals surface area contributed by atoms with Crippen LogP contribution in [-0.4, -0.2) is 63.2 Å². The largest absolute Gasteiger partial charge is 0.304 e. The molecule has 0 saturated carbocycles. The average Bonchev–Trinajstić information content (AvgIpc) is 2.39. The van der Waals surface area contributed by atoms with Gasteiger partial charge in [0.2, 0.25) is 0 Å². The summed E-state index contributed by atoms with van der Waals surface area (Å²) in [7, 11) is -1.09. The first-order chi connectivity index (χ1) is 9.38. The van der Waals surface area contributed by atoms with Crippen molar-refractivity contribution >= 4 is 9.84 Å². The maximum absolute atomic E-state index is 12.4. The maximum atomic E-state index is 12.4. The van der Waals surface area contributed by atoms with Crippen LogP contribution in [0.3, 0.4) is 0 Å². The molecular weight excluding hydrogens is 272 g/mol. The van der Waals surface area contributed by atoms with Crippen LogP contribution in [-0.2, 0) is 9.84 Å². The zero-order valence-electron chi connectivity index (χ0n) is 12.5. The minimum atomic E-state index is -3.19. The molecule has 1 aromatic carbocycles. The first-order valence-electron chi connectivity index (χ1n) is 7.10. The van der Waals surface area contributed by atoms with Gasteiger partial charge in [-0.2, -0.15) is 0 Å². The number of rotatable bonds is 4. The SMILES string of the molecule is Cc1ccc(S(=O)(=O)C[C@H](C)N2CCN(C)CC2)cc1. The molecule has 1 heterocycles.